The number of nitriles is 1. The highest BCUT2D eigenvalue weighted by Gasteiger charge is 2.23. The van der Waals surface area contributed by atoms with Crippen molar-refractivity contribution in [1.29, 1.82) is 5.26 Å². The van der Waals surface area contributed by atoms with E-state index >= 15 is 0 Å². The highest BCUT2D eigenvalue weighted by molar-refractivity contribution is 5.84. The Kier molecular flexibility index (Phi) is 4.71. The van der Waals surface area contributed by atoms with Crippen molar-refractivity contribution in [2.45, 2.75) is 13.3 Å². The maximum atomic E-state index is 11.4. The van der Waals surface area contributed by atoms with Crippen LogP contribution in [0.5, 0.6) is 0 Å². The fraction of sp³-hybridized carbons (Fsp3) is 0.250. The summed E-state index contributed by atoms with van der Waals surface area (Å²) in [5.41, 5.74) is -0.643. The van der Waals surface area contributed by atoms with Crippen LogP contribution in [0, 0.1) is 21.4 Å². The Bertz CT molecular complexity index is 574. The minimum absolute atomic E-state index is 0.00685. The first kappa shape index (κ1) is 14.3. The van der Waals surface area contributed by atoms with Gasteiger partial charge < -0.3 is 4.74 Å². The number of carbonyl (C=O) groups excluding carboxylic acids is 2. The number of nitro groups is 1. The number of esters is 1. The maximum absolute atomic E-state index is 11.4. The lowest BCUT2D eigenvalue weighted by atomic mass is 9.98. The molecule has 0 fully saturated rings. The van der Waals surface area contributed by atoms with Gasteiger partial charge in [-0.1, -0.05) is 0 Å². The molecule has 7 heteroatoms. The zero-order valence-electron chi connectivity index (χ0n) is 10.1. The molecule has 1 aromatic rings. The largest absolute Gasteiger partial charge is 0.466 e. The van der Waals surface area contributed by atoms with Crippen LogP contribution in [0.2, 0.25) is 0 Å². The first-order valence-corrected chi connectivity index (χ1v) is 5.36. The predicted molar refractivity (Wildman–Crippen MR) is 63.5 cm³/mol. The van der Waals surface area contributed by atoms with Gasteiger partial charge in [0.1, 0.15) is 6.07 Å². The second-order valence-corrected chi connectivity index (χ2v) is 3.50. The Morgan fingerprint density at radius 2 is 2.26 bits per heavy atom. The molecule has 0 saturated heterocycles. The van der Waals surface area contributed by atoms with Crippen molar-refractivity contribution in [3.05, 3.63) is 38.9 Å². The van der Waals surface area contributed by atoms with Crippen LogP contribution >= 0.6 is 0 Å². The Morgan fingerprint density at radius 1 is 1.58 bits per heavy atom. The van der Waals surface area contributed by atoms with Gasteiger partial charge in [-0.25, -0.2) is 0 Å². The molecule has 0 aliphatic carbocycles. The van der Waals surface area contributed by atoms with Crippen LogP contribution in [0.3, 0.4) is 0 Å². The molecule has 0 aliphatic heterocycles. The monoisotopic (exact) mass is 262 g/mol. The molecule has 1 rings (SSSR count). The third-order valence-corrected chi connectivity index (χ3v) is 2.38. The SMILES string of the molecule is CCOC(=O)Cc1c([N+](=O)[O-])ccc(C=O)c1C#N. The zero-order valence-corrected chi connectivity index (χ0v) is 10.1. The van der Waals surface area contributed by atoms with Crippen LogP contribution in [0.1, 0.15) is 28.4 Å². The molecule has 1 aromatic carbocycles. The van der Waals surface area contributed by atoms with E-state index < -0.39 is 17.3 Å². The van der Waals surface area contributed by atoms with Gasteiger partial charge in [0.2, 0.25) is 0 Å². The minimum atomic E-state index is -0.704. The van der Waals surface area contributed by atoms with Crippen molar-refractivity contribution >= 4 is 17.9 Å². The zero-order chi connectivity index (χ0) is 14.4. The third kappa shape index (κ3) is 3.13. The first-order valence-electron chi connectivity index (χ1n) is 5.36. The van der Waals surface area contributed by atoms with Crippen LogP contribution in [0.4, 0.5) is 5.69 Å². The summed E-state index contributed by atoms with van der Waals surface area (Å²) in [5.74, 6) is -0.690. The summed E-state index contributed by atoms with van der Waals surface area (Å²) >= 11 is 0. The molecule has 0 bridgehead atoms. The average Bonchev–Trinajstić information content (AvgIpc) is 2.37. The van der Waals surface area contributed by atoms with Crippen LogP contribution in [-0.4, -0.2) is 23.8 Å². The van der Waals surface area contributed by atoms with Gasteiger partial charge in [0.15, 0.2) is 6.29 Å². The quantitative estimate of drug-likeness (QED) is 0.343. The average molecular weight is 262 g/mol. The molecule has 7 nitrogen and oxygen atoms in total. The molecule has 0 amide bonds. The van der Waals surface area contributed by atoms with E-state index in [1.807, 2.05) is 0 Å². The lowest BCUT2D eigenvalue weighted by Crippen LogP contribution is -2.11. The van der Waals surface area contributed by atoms with E-state index in [0.29, 0.717) is 6.29 Å². The van der Waals surface area contributed by atoms with Gasteiger partial charge in [0, 0.05) is 11.6 Å². The molecule has 0 saturated carbocycles. The summed E-state index contributed by atoms with van der Waals surface area (Å²) < 4.78 is 4.69. The number of nitro benzene ring substituents is 1. The fourth-order valence-corrected chi connectivity index (χ4v) is 1.59. The fourth-order valence-electron chi connectivity index (χ4n) is 1.59. The van der Waals surface area contributed by atoms with E-state index in [4.69, 9.17) is 10.00 Å². The Balaban J connectivity index is 3.38. The van der Waals surface area contributed by atoms with E-state index in [-0.39, 0.29) is 29.0 Å². The Labute approximate surface area is 108 Å². The van der Waals surface area contributed by atoms with E-state index in [1.165, 1.54) is 6.07 Å². The summed E-state index contributed by atoms with van der Waals surface area (Å²) in [6, 6.07) is 3.99. The van der Waals surface area contributed by atoms with E-state index in [0.717, 1.165) is 6.07 Å². The Hall–Kier alpha value is -2.75. The molecular formula is C12H10N2O5. The van der Waals surface area contributed by atoms with Crippen molar-refractivity contribution < 1.29 is 19.2 Å². The van der Waals surface area contributed by atoms with Crippen LogP contribution in [0.25, 0.3) is 0 Å². The molecule has 0 radical (unpaired) electrons. The van der Waals surface area contributed by atoms with Gasteiger partial charge in [-0.3, -0.25) is 19.7 Å². The maximum Gasteiger partial charge on any atom is 0.310 e. The van der Waals surface area contributed by atoms with Crippen molar-refractivity contribution in [1.82, 2.24) is 0 Å². The normalized spacial score (nSPS) is 9.47. The highest BCUT2D eigenvalue weighted by atomic mass is 16.6. The second-order valence-electron chi connectivity index (χ2n) is 3.50. The number of hydrogen-bond donors (Lipinski definition) is 0. The first-order chi connectivity index (χ1) is 9.04. The van der Waals surface area contributed by atoms with Gasteiger partial charge in [-0.2, -0.15) is 5.26 Å². The highest BCUT2D eigenvalue weighted by Crippen LogP contribution is 2.25. The van der Waals surface area contributed by atoms with Crippen LogP contribution < -0.4 is 0 Å². The topological polar surface area (TPSA) is 110 Å². The Morgan fingerprint density at radius 3 is 2.74 bits per heavy atom. The van der Waals surface area contributed by atoms with E-state index in [1.54, 1.807) is 13.0 Å². The van der Waals surface area contributed by atoms with Crippen molar-refractivity contribution in [3.63, 3.8) is 0 Å². The summed E-state index contributed by atoms with van der Waals surface area (Å²) in [5, 5.41) is 19.9. The van der Waals surface area contributed by atoms with Gasteiger partial charge in [-0.15, -0.1) is 0 Å². The third-order valence-electron chi connectivity index (χ3n) is 2.38. The van der Waals surface area contributed by atoms with E-state index in [2.05, 4.69) is 0 Å². The standard InChI is InChI=1S/C12H10N2O5/c1-2-19-12(16)5-9-10(6-13)8(7-15)3-4-11(9)14(17)18/h3-4,7H,2,5H2,1H3. The lowest BCUT2D eigenvalue weighted by molar-refractivity contribution is -0.385. The molecule has 0 atom stereocenters. The van der Waals surface area contributed by atoms with Gasteiger partial charge in [0.05, 0.1) is 29.1 Å². The summed E-state index contributed by atoms with van der Waals surface area (Å²) in [6.45, 7) is 1.72. The number of ether oxygens (including phenoxy) is 1. The molecule has 0 aliphatic rings. The number of nitrogens with zero attached hydrogens (tertiary/aromatic N) is 2. The van der Waals surface area contributed by atoms with Gasteiger partial charge >= 0.3 is 5.97 Å². The van der Waals surface area contributed by atoms with Crippen LogP contribution in [-0.2, 0) is 16.0 Å². The van der Waals surface area contributed by atoms with Gasteiger partial charge in [0.25, 0.3) is 5.69 Å². The van der Waals surface area contributed by atoms with Crippen molar-refractivity contribution in [3.8, 4) is 6.07 Å². The smallest absolute Gasteiger partial charge is 0.310 e. The molecular weight excluding hydrogens is 252 g/mol. The molecule has 0 aromatic heterocycles. The van der Waals surface area contributed by atoms with Gasteiger partial charge in [-0.05, 0) is 13.0 Å². The summed E-state index contributed by atoms with van der Waals surface area (Å²) in [7, 11) is 0. The number of hydrogen-bond acceptors (Lipinski definition) is 6. The number of rotatable bonds is 5. The summed E-state index contributed by atoms with van der Waals surface area (Å²) in [4.78, 5) is 32.4. The molecule has 19 heavy (non-hydrogen) atoms. The predicted octanol–water partition coefficient (Wildman–Crippen LogP) is 1.38. The second kappa shape index (κ2) is 6.26. The molecule has 0 unspecified atom stereocenters. The number of aldehydes is 1. The molecule has 0 spiro atoms. The van der Waals surface area contributed by atoms with Crippen LogP contribution in [0.15, 0.2) is 12.1 Å². The number of carbonyl (C=O) groups is 2. The number of benzene rings is 1. The minimum Gasteiger partial charge on any atom is -0.466 e. The lowest BCUT2D eigenvalue weighted by Gasteiger charge is -2.06. The van der Waals surface area contributed by atoms with Crippen molar-refractivity contribution in [2.24, 2.45) is 0 Å². The van der Waals surface area contributed by atoms with E-state index in [9.17, 15) is 19.7 Å². The molecule has 98 valence electrons. The van der Waals surface area contributed by atoms with Crippen molar-refractivity contribution in [2.75, 3.05) is 6.61 Å². The summed E-state index contributed by atoms with van der Waals surface area (Å²) in [6.07, 6.45) is -0.00827. The molecule has 0 heterocycles. The molecule has 0 N–H and O–H groups in total.